The molecule has 0 aliphatic carbocycles. The van der Waals surface area contributed by atoms with E-state index >= 15 is 0 Å². The summed E-state index contributed by atoms with van der Waals surface area (Å²) in [7, 11) is 0.00329. The predicted molar refractivity (Wildman–Crippen MR) is 80.8 cm³/mol. The third-order valence-electron chi connectivity index (χ3n) is 2.44. The van der Waals surface area contributed by atoms with Gasteiger partial charge in [0.05, 0.1) is 12.2 Å². The summed E-state index contributed by atoms with van der Waals surface area (Å²) in [6.45, 7) is 9.33. The summed E-state index contributed by atoms with van der Waals surface area (Å²) in [5.74, 6) is 1.68. The lowest BCUT2D eigenvalue weighted by Crippen LogP contribution is -2.21. The van der Waals surface area contributed by atoms with Crippen LogP contribution in [0.25, 0.3) is 0 Å². The van der Waals surface area contributed by atoms with Crippen molar-refractivity contribution in [1.82, 2.24) is 0 Å². The van der Waals surface area contributed by atoms with E-state index in [2.05, 4.69) is 0 Å². The first-order chi connectivity index (χ1) is 9.24. The summed E-state index contributed by atoms with van der Waals surface area (Å²) in [5.41, 5.74) is 0. The smallest absolute Gasteiger partial charge is 0.354 e. The second kappa shape index (κ2) is 9.69. The van der Waals surface area contributed by atoms with Crippen LogP contribution < -0.4 is 0 Å². The maximum atomic E-state index is 12.5. The summed E-state index contributed by atoms with van der Waals surface area (Å²) < 4.78 is 33.8. The zero-order valence-corrected chi connectivity index (χ0v) is 14.6. The number of hydrogen-bond acceptors (Lipinski definition) is 5. The van der Waals surface area contributed by atoms with Crippen LogP contribution in [0, 0.1) is 5.92 Å². The molecule has 0 aliphatic rings. The van der Waals surface area contributed by atoms with Crippen LogP contribution in [0.2, 0.25) is 0 Å². The van der Waals surface area contributed by atoms with Crippen molar-refractivity contribution in [2.45, 2.75) is 59.5 Å². The van der Waals surface area contributed by atoms with Crippen molar-refractivity contribution in [1.29, 1.82) is 0 Å². The Bertz CT molecular complexity index is 310. The molecule has 0 saturated carbocycles. The van der Waals surface area contributed by atoms with E-state index in [-0.39, 0.29) is 24.4 Å². The van der Waals surface area contributed by atoms with Gasteiger partial charge >= 0.3 is 7.60 Å². The van der Waals surface area contributed by atoms with Crippen LogP contribution in [0.1, 0.15) is 41.0 Å². The molecule has 0 fully saturated rings. The minimum Gasteiger partial charge on any atom is -0.356 e. The topological polar surface area (TPSA) is 54.0 Å². The summed E-state index contributed by atoms with van der Waals surface area (Å²) in [4.78, 5) is 0. The highest BCUT2D eigenvalue weighted by atomic mass is 31.2. The van der Waals surface area contributed by atoms with E-state index in [0.29, 0.717) is 6.42 Å². The Labute approximate surface area is 123 Å². The van der Waals surface area contributed by atoms with Gasteiger partial charge in [-0.3, -0.25) is 4.57 Å². The molecule has 1 unspecified atom stereocenters. The molecule has 0 spiro atoms. The molecule has 20 heavy (non-hydrogen) atoms. The summed E-state index contributed by atoms with van der Waals surface area (Å²) in [5, 5.41) is 0. The third-order valence-corrected chi connectivity index (χ3v) is 4.45. The van der Waals surface area contributed by atoms with E-state index in [4.69, 9.17) is 18.5 Å². The van der Waals surface area contributed by atoms with Gasteiger partial charge in [-0.1, -0.05) is 13.0 Å². The molecule has 0 amide bonds. The highest BCUT2D eigenvalue weighted by Crippen LogP contribution is 2.52. The maximum absolute atomic E-state index is 12.5. The highest BCUT2D eigenvalue weighted by Gasteiger charge is 2.24. The van der Waals surface area contributed by atoms with Gasteiger partial charge in [0.1, 0.15) is 0 Å². The molecule has 0 heterocycles. The fraction of sp³-hybridized carbons (Fsp3) is 0.857. The first-order valence-electron chi connectivity index (χ1n) is 6.94. The van der Waals surface area contributed by atoms with Crippen LogP contribution in [-0.4, -0.2) is 32.7 Å². The summed E-state index contributed by atoms with van der Waals surface area (Å²) >= 11 is 0. The van der Waals surface area contributed by atoms with E-state index in [9.17, 15) is 4.57 Å². The molecule has 0 aromatic carbocycles. The highest BCUT2D eigenvalue weighted by molar-refractivity contribution is 7.57. The normalized spacial score (nSPS) is 14.9. The average Bonchev–Trinajstić information content (AvgIpc) is 2.27. The monoisotopic (exact) mass is 308 g/mol. The van der Waals surface area contributed by atoms with E-state index in [0.717, 1.165) is 0 Å². The quantitative estimate of drug-likeness (QED) is 0.447. The molecule has 0 bridgehead atoms. The van der Waals surface area contributed by atoms with Gasteiger partial charge in [0.15, 0.2) is 6.29 Å². The van der Waals surface area contributed by atoms with Crippen molar-refractivity contribution in [3.05, 3.63) is 11.9 Å². The Morgan fingerprint density at radius 2 is 1.40 bits per heavy atom. The number of ether oxygens (including phenoxy) is 2. The van der Waals surface area contributed by atoms with Gasteiger partial charge in [0.2, 0.25) is 0 Å². The largest absolute Gasteiger partial charge is 0.356 e. The molecule has 0 aliphatic heterocycles. The van der Waals surface area contributed by atoms with Crippen molar-refractivity contribution >= 4 is 7.60 Å². The zero-order chi connectivity index (χ0) is 15.8. The lowest BCUT2D eigenvalue weighted by Gasteiger charge is -2.21. The Morgan fingerprint density at radius 1 is 0.950 bits per heavy atom. The lowest BCUT2D eigenvalue weighted by molar-refractivity contribution is -0.132. The number of methoxy groups -OCH3 is 2. The van der Waals surface area contributed by atoms with Gasteiger partial charge in [-0.2, -0.15) is 0 Å². The van der Waals surface area contributed by atoms with Crippen molar-refractivity contribution in [2.75, 3.05) is 14.2 Å². The minimum absolute atomic E-state index is 0.146. The Balaban J connectivity index is 4.65. The van der Waals surface area contributed by atoms with E-state index in [1.807, 2.05) is 34.6 Å². The van der Waals surface area contributed by atoms with Crippen LogP contribution in [0.5, 0.6) is 0 Å². The standard InChI is InChI=1S/C14H29O5P/c1-11(2)18-20(15,19-12(3)4)10-8-9-13(5)14(16-6)17-7/h8,10-14H,9H2,1-7H3/b10-8+. The molecule has 0 N–H and O–H groups in total. The first-order valence-corrected chi connectivity index (χ1v) is 8.55. The van der Waals surface area contributed by atoms with Crippen LogP contribution in [0.3, 0.4) is 0 Å². The van der Waals surface area contributed by atoms with E-state index < -0.39 is 7.60 Å². The molecule has 120 valence electrons. The fourth-order valence-electron chi connectivity index (χ4n) is 1.76. The SMILES string of the molecule is COC(OC)C(C)C/C=C/P(=O)(OC(C)C)OC(C)C. The van der Waals surface area contributed by atoms with Crippen molar-refractivity contribution in [3.8, 4) is 0 Å². The number of allylic oxidation sites excluding steroid dienone is 1. The van der Waals surface area contributed by atoms with Gasteiger partial charge in [-0.05, 0) is 34.1 Å². The fourth-order valence-corrected chi connectivity index (χ4v) is 3.50. The molecule has 0 rings (SSSR count). The Morgan fingerprint density at radius 3 is 1.75 bits per heavy atom. The molecular weight excluding hydrogens is 279 g/mol. The minimum atomic E-state index is -3.20. The molecule has 5 nitrogen and oxygen atoms in total. The van der Waals surface area contributed by atoms with Gasteiger partial charge in [0.25, 0.3) is 0 Å². The second-order valence-corrected chi connectivity index (χ2v) is 7.09. The van der Waals surface area contributed by atoms with Crippen LogP contribution >= 0.6 is 7.60 Å². The number of rotatable bonds is 10. The van der Waals surface area contributed by atoms with Gasteiger partial charge in [-0.25, -0.2) is 0 Å². The van der Waals surface area contributed by atoms with Gasteiger partial charge in [-0.15, -0.1) is 0 Å². The first kappa shape index (κ1) is 19.8. The van der Waals surface area contributed by atoms with Crippen molar-refractivity contribution in [3.63, 3.8) is 0 Å². The third kappa shape index (κ3) is 8.18. The van der Waals surface area contributed by atoms with E-state index in [1.54, 1.807) is 20.3 Å². The Hall–Kier alpha value is -0.190. The molecule has 0 aromatic rings. The van der Waals surface area contributed by atoms with Crippen LogP contribution in [0.4, 0.5) is 0 Å². The van der Waals surface area contributed by atoms with Crippen molar-refractivity contribution < 1.29 is 23.1 Å². The van der Waals surface area contributed by atoms with Crippen LogP contribution in [-0.2, 0) is 23.1 Å². The molecule has 6 heteroatoms. The molecule has 0 radical (unpaired) electrons. The lowest BCUT2D eigenvalue weighted by atomic mass is 10.1. The van der Waals surface area contributed by atoms with E-state index in [1.165, 1.54) is 5.82 Å². The summed E-state index contributed by atoms with van der Waals surface area (Å²) in [6, 6.07) is 0. The molecule has 1 atom stereocenters. The zero-order valence-electron chi connectivity index (χ0n) is 13.7. The molecule has 0 aromatic heterocycles. The predicted octanol–water partition coefficient (Wildman–Crippen LogP) is 4.19. The molecular formula is C14H29O5P. The summed E-state index contributed by atoms with van der Waals surface area (Å²) in [6.07, 6.45) is 1.87. The maximum Gasteiger partial charge on any atom is 0.354 e. The van der Waals surface area contributed by atoms with Crippen LogP contribution in [0.15, 0.2) is 11.9 Å². The molecule has 0 saturated heterocycles. The van der Waals surface area contributed by atoms with Crippen molar-refractivity contribution in [2.24, 2.45) is 5.92 Å². The second-order valence-electron chi connectivity index (χ2n) is 5.29. The van der Waals surface area contributed by atoms with Gasteiger partial charge in [0, 0.05) is 26.0 Å². The average molecular weight is 308 g/mol. The Kier molecular flexibility index (Phi) is 9.60. The van der Waals surface area contributed by atoms with Gasteiger partial charge < -0.3 is 18.5 Å². The number of hydrogen-bond donors (Lipinski definition) is 0.